The first-order valence-corrected chi connectivity index (χ1v) is 23.1. The van der Waals surface area contributed by atoms with E-state index in [1.165, 1.54) is 37.8 Å². The lowest BCUT2D eigenvalue weighted by Crippen LogP contribution is -2.61. The number of likely N-dealkylation sites (N-methyl/N-ethyl adjacent to an activating group) is 1. The lowest BCUT2D eigenvalue weighted by Gasteiger charge is -2.35. The fourth-order valence-electron chi connectivity index (χ4n) is 8.63. The zero-order valence-corrected chi connectivity index (χ0v) is 39.7. The van der Waals surface area contributed by atoms with Gasteiger partial charge in [-0.1, -0.05) is 60.1 Å². The Morgan fingerprint density at radius 3 is 2.18 bits per heavy atom. The number of ether oxygens (including phenoxy) is 3. The van der Waals surface area contributed by atoms with Gasteiger partial charge in [-0.05, 0) is 87.9 Å². The summed E-state index contributed by atoms with van der Waals surface area (Å²) in [4.78, 5) is 116. The van der Waals surface area contributed by atoms with Gasteiger partial charge in [0.2, 0.25) is 29.5 Å². The second-order valence-electron chi connectivity index (χ2n) is 18.6. The number of nitrogens with one attached hydrogen (secondary N) is 4. The second kappa shape index (κ2) is 23.9. The third kappa shape index (κ3) is 13.7. The van der Waals surface area contributed by atoms with E-state index in [2.05, 4.69) is 21.3 Å². The van der Waals surface area contributed by atoms with Crippen molar-refractivity contribution in [2.75, 3.05) is 27.2 Å². The number of nitrogens with zero attached hydrogens (tertiary/aromatic N) is 2. The molecule has 3 aliphatic heterocycles. The highest BCUT2D eigenvalue weighted by Crippen LogP contribution is 2.26. The molecular weight excluding hydrogens is 841 g/mol. The van der Waals surface area contributed by atoms with E-state index in [0.29, 0.717) is 37.1 Å². The van der Waals surface area contributed by atoms with Gasteiger partial charge in [0.15, 0.2) is 11.9 Å². The second-order valence-corrected chi connectivity index (χ2v) is 18.6. The van der Waals surface area contributed by atoms with E-state index in [4.69, 9.17) is 14.2 Å². The largest absolute Gasteiger partial charge is 0.497 e. The maximum absolute atomic E-state index is 14.6. The van der Waals surface area contributed by atoms with Crippen LogP contribution in [0.5, 0.6) is 5.75 Å². The summed E-state index contributed by atoms with van der Waals surface area (Å²) >= 11 is 0. The number of aliphatic hydroxyl groups excluding tert-OH is 1. The minimum Gasteiger partial charge on any atom is -0.497 e. The summed E-state index contributed by atoms with van der Waals surface area (Å²) in [5, 5.41) is 23.0. The van der Waals surface area contributed by atoms with Crippen molar-refractivity contribution in [2.24, 2.45) is 23.7 Å². The summed E-state index contributed by atoms with van der Waals surface area (Å²) in [6.07, 6.45) is -2.38. The Hall–Kier alpha value is -5.10. The Balaban J connectivity index is 1.82. The summed E-state index contributed by atoms with van der Waals surface area (Å²) in [5.74, 6) is -7.66. The summed E-state index contributed by atoms with van der Waals surface area (Å²) in [6, 6.07) is 0.243. The van der Waals surface area contributed by atoms with Crippen molar-refractivity contribution in [2.45, 2.75) is 161 Å². The predicted molar refractivity (Wildman–Crippen MR) is 239 cm³/mol. The number of methoxy groups -OCH3 is 1. The molecule has 0 saturated carbocycles. The fourth-order valence-corrected chi connectivity index (χ4v) is 8.63. The van der Waals surface area contributed by atoms with E-state index in [0.717, 1.165) is 6.42 Å². The quantitative estimate of drug-likeness (QED) is 0.167. The first kappa shape index (κ1) is 52.5. The van der Waals surface area contributed by atoms with Crippen molar-refractivity contribution >= 4 is 47.3 Å². The average molecular weight is 913 g/mol. The fraction of sp³-hybridized carbons (Fsp3) is 0.702. The van der Waals surface area contributed by atoms with E-state index in [1.807, 2.05) is 20.8 Å². The molecule has 0 aliphatic carbocycles. The number of amides is 5. The van der Waals surface area contributed by atoms with Crippen LogP contribution in [-0.4, -0.2) is 144 Å². The van der Waals surface area contributed by atoms with Crippen LogP contribution in [-0.2, 0) is 54.3 Å². The number of carbonyl (C=O) groups is 8. The molecule has 3 heterocycles. The first-order chi connectivity index (χ1) is 30.7. The van der Waals surface area contributed by atoms with Crippen LogP contribution in [0.3, 0.4) is 0 Å². The maximum atomic E-state index is 14.6. The summed E-state index contributed by atoms with van der Waals surface area (Å²) < 4.78 is 17.0. The summed E-state index contributed by atoms with van der Waals surface area (Å²) in [7, 11) is 2.96. The van der Waals surface area contributed by atoms with E-state index < -0.39 is 126 Å². The van der Waals surface area contributed by atoms with Crippen molar-refractivity contribution < 1.29 is 57.7 Å². The Morgan fingerprint density at radius 1 is 0.923 bits per heavy atom. The molecule has 0 spiro atoms. The zero-order chi connectivity index (χ0) is 48.3. The van der Waals surface area contributed by atoms with Crippen LogP contribution < -0.4 is 26.0 Å². The minimum atomic E-state index is -1.54. The standard InChI is InChI=1S/C47H72N6O12/c1-11-27(6)38-36(54)24-37(55)65-41(26(4)5)40(56)28(7)42(57)49-33(22-25(2)3)45(60)53-21-13-15-34(53)46(61)52(9)35(23-30-16-18-31(63-10)19-17-30)47(62)64-29(8)39(44(59)50-38)51-43(58)32-14-12-20-48-32/h16-19,25-29,32-36,38-39,41,48,54H,11-15,20-24H2,1-10H3,(H,49,57)(H,50,59)(H,51,58)/t27-,28-,29+,32+,33-,34-,35-,36-,38+,39+,41-/m0/s1. The van der Waals surface area contributed by atoms with Gasteiger partial charge in [0, 0.05) is 20.0 Å². The number of carbonyl (C=O) groups excluding carboxylic acids is 8. The summed E-state index contributed by atoms with van der Waals surface area (Å²) in [5.41, 5.74) is 0.638. The van der Waals surface area contributed by atoms with Crippen molar-refractivity contribution in [3.8, 4) is 5.75 Å². The van der Waals surface area contributed by atoms with Crippen LogP contribution >= 0.6 is 0 Å². The molecule has 65 heavy (non-hydrogen) atoms. The third-order valence-corrected chi connectivity index (χ3v) is 12.9. The highest BCUT2D eigenvalue weighted by molar-refractivity contribution is 6.05. The number of ketones is 1. The summed E-state index contributed by atoms with van der Waals surface area (Å²) in [6.45, 7) is 14.2. The van der Waals surface area contributed by atoms with E-state index in [-0.39, 0.29) is 31.7 Å². The van der Waals surface area contributed by atoms with Gasteiger partial charge in [0.25, 0.3) is 0 Å². The SMILES string of the molecule is CC[C@H](C)[C@H]1NC(=O)[C@H](NC(=O)[C@H]2CCCN2)[C@@H](C)OC(=O)[C@H](Cc2ccc(OC)cc2)N(C)C(=O)[C@@H]2CCCN2C(=O)[C@H](CC(C)C)NC(=O)[C@@H](C)C(=O)[C@H](C(C)C)OC(=O)C[C@@H]1O. The van der Waals surface area contributed by atoms with Crippen LogP contribution in [0.25, 0.3) is 0 Å². The Kier molecular flexibility index (Phi) is 19.3. The molecule has 18 nitrogen and oxygen atoms in total. The van der Waals surface area contributed by atoms with Gasteiger partial charge < -0.3 is 50.4 Å². The van der Waals surface area contributed by atoms with Crippen LogP contribution in [0.1, 0.15) is 106 Å². The van der Waals surface area contributed by atoms with Gasteiger partial charge >= 0.3 is 11.9 Å². The van der Waals surface area contributed by atoms with E-state index >= 15 is 0 Å². The third-order valence-electron chi connectivity index (χ3n) is 12.9. The normalized spacial score (nSPS) is 30.1. The average Bonchev–Trinajstić information content (AvgIpc) is 4.00. The Bertz CT molecular complexity index is 1850. The zero-order valence-electron chi connectivity index (χ0n) is 39.7. The number of Topliss-reactive ketones (excluding diaryl/α,β-unsaturated/α-hetero) is 1. The molecule has 3 aliphatic rings. The number of rotatable bonds is 10. The van der Waals surface area contributed by atoms with Crippen LogP contribution in [0, 0.1) is 23.7 Å². The molecule has 0 aromatic heterocycles. The molecule has 362 valence electrons. The van der Waals surface area contributed by atoms with Crippen molar-refractivity contribution in [3.05, 3.63) is 29.8 Å². The van der Waals surface area contributed by atoms with Crippen molar-refractivity contribution in [1.29, 1.82) is 0 Å². The number of hydrogen-bond donors (Lipinski definition) is 5. The molecule has 5 amide bonds. The number of aliphatic hydroxyl groups is 1. The molecule has 0 bridgehead atoms. The molecule has 3 saturated heterocycles. The van der Waals surface area contributed by atoms with E-state index in [9.17, 15) is 43.5 Å². The van der Waals surface area contributed by atoms with Crippen LogP contribution in [0.4, 0.5) is 0 Å². The topological polar surface area (TPSA) is 239 Å². The Labute approximate surface area is 383 Å². The smallest absolute Gasteiger partial charge is 0.329 e. The minimum absolute atomic E-state index is 0.0403. The molecule has 1 aromatic carbocycles. The molecule has 4 rings (SSSR count). The molecule has 5 N–H and O–H groups in total. The molecule has 3 fully saturated rings. The molecule has 1 aromatic rings. The molecule has 11 atom stereocenters. The van der Waals surface area contributed by atoms with E-state index in [1.54, 1.807) is 45.0 Å². The van der Waals surface area contributed by atoms with Gasteiger partial charge in [0.1, 0.15) is 36.0 Å². The first-order valence-electron chi connectivity index (χ1n) is 23.1. The van der Waals surface area contributed by atoms with Crippen LogP contribution in [0.15, 0.2) is 24.3 Å². The molecule has 18 heteroatoms. The highest BCUT2D eigenvalue weighted by Gasteiger charge is 2.44. The number of fused-ring (bicyclic) bond motifs is 1. The Morgan fingerprint density at radius 2 is 1.60 bits per heavy atom. The van der Waals surface area contributed by atoms with Gasteiger partial charge in [-0.3, -0.25) is 33.6 Å². The predicted octanol–water partition coefficient (Wildman–Crippen LogP) is 1.82. The molecular formula is C47H72N6O12. The lowest BCUT2D eigenvalue weighted by atomic mass is 9.91. The number of benzene rings is 1. The van der Waals surface area contributed by atoms with Crippen LogP contribution in [0.2, 0.25) is 0 Å². The van der Waals surface area contributed by atoms with Gasteiger partial charge in [-0.15, -0.1) is 0 Å². The maximum Gasteiger partial charge on any atom is 0.329 e. The van der Waals surface area contributed by atoms with Gasteiger partial charge in [-0.25, -0.2) is 4.79 Å². The lowest BCUT2D eigenvalue weighted by molar-refractivity contribution is -0.163. The van der Waals surface area contributed by atoms with Crippen molar-refractivity contribution in [3.63, 3.8) is 0 Å². The number of esters is 2. The van der Waals surface area contributed by atoms with Crippen molar-refractivity contribution in [1.82, 2.24) is 31.1 Å². The number of hydrogen-bond acceptors (Lipinski definition) is 13. The molecule has 0 radical (unpaired) electrons. The van der Waals surface area contributed by atoms with Gasteiger partial charge in [-0.2, -0.15) is 0 Å². The highest BCUT2D eigenvalue weighted by atomic mass is 16.6. The van der Waals surface area contributed by atoms with Gasteiger partial charge in [0.05, 0.1) is 37.6 Å². The monoisotopic (exact) mass is 913 g/mol. The number of cyclic esters (lactones) is 2. The molecule has 0 unspecified atom stereocenters.